The molecule has 0 atom stereocenters. The number of piperazine rings is 1. The highest BCUT2D eigenvalue weighted by atomic mass is 32.2. The van der Waals surface area contributed by atoms with E-state index < -0.39 is 10.0 Å². The molecule has 124 valence electrons. The lowest BCUT2D eigenvalue weighted by Crippen LogP contribution is -2.49. The van der Waals surface area contributed by atoms with E-state index in [1.807, 2.05) is 48.5 Å². The van der Waals surface area contributed by atoms with Crippen molar-refractivity contribution in [2.24, 2.45) is 0 Å². The number of hydrogen-bond donors (Lipinski definition) is 0. The minimum atomic E-state index is -3.32. The van der Waals surface area contributed by atoms with Crippen LogP contribution in [0.5, 0.6) is 0 Å². The molecule has 0 aliphatic carbocycles. The van der Waals surface area contributed by atoms with Crippen molar-refractivity contribution < 1.29 is 8.42 Å². The van der Waals surface area contributed by atoms with Gasteiger partial charge in [-0.1, -0.05) is 42.5 Å². The van der Waals surface area contributed by atoms with Crippen molar-refractivity contribution in [3.8, 4) is 6.07 Å². The van der Waals surface area contributed by atoms with Gasteiger partial charge in [-0.3, -0.25) is 0 Å². The number of nitriles is 1. The first-order chi connectivity index (χ1) is 11.6. The summed E-state index contributed by atoms with van der Waals surface area (Å²) >= 11 is 0. The average Bonchev–Trinajstić information content (AvgIpc) is 2.62. The lowest BCUT2D eigenvalue weighted by molar-refractivity contribution is 0.384. The second-order valence-corrected chi connectivity index (χ2v) is 7.73. The highest BCUT2D eigenvalue weighted by Crippen LogP contribution is 2.22. The molecule has 5 nitrogen and oxygen atoms in total. The predicted octanol–water partition coefficient (Wildman–Crippen LogP) is 2.21. The number of benzene rings is 2. The van der Waals surface area contributed by atoms with Gasteiger partial charge in [-0.2, -0.15) is 9.57 Å². The molecule has 6 heteroatoms. The highest BCUT2D eigenvalue weighted by molar-refractivity contribution is 7.88. The zero-order chi connectivity index (χ0) is 17.0. The number of nitrogens with zero attached hydrogens (tertiary/aromatic N) is 3. The van der Waals surface area contributed by atoms with Gasteiger partial charge in [0.05, 0.1) is 17.0 Å². The largest absolute Gasteiger partial charge is 0.368 e. The highest BCUT2D eigenvalue weighted by Gasteiger charge is 2.27. The van der Waals surface area contributed by atoms with Crippen molar-refractivity contribution in [3.63, 3.8) is 0 Å². The van der Waals surface area contributed by atoms with Crippen LogP contribution in [0.15, 0.2) is 54.6 Å². The summed E-state index contributed by atoms with van der Waals surface area (Å²) < 4.78 is 26.7. The predicted molar refractivity (Wildman–Crippen MR) is 94.0 cm³/mol. The molecule has 0 aromatic heterocycles. The molecule has 0 spiro atoms. The maximum atomic E-state index is 12.6. The Bertz CT molecular complexity index is 836. The fourth-order valence-electron chi connectivity index (χ4n) is 2.93. The summed E-state index contributed by atoms with van der Waals surface area (Å²) in [6.45, 7) is 2.06. The van der Waals surface area contributed by atoms with Gasteiger partial charge in [-0.25, -0.2) is 8.42 Å². The Kier molecular flexibility index (Phi) is 4.84. The van der Waals surface area contributed by atoms with Crippen molar-refractivity contribution in [3.05, 3.63) is 65.7 Å². The molecule has 1 heterocycles. The Labute approximate surface area is 142 Å². The normalized spacial score (nSPS) is 15.9. The summed E-state index contributed by atoms with van der Waals surface area (Å²) in [5.74, 6) is 0.0304. The van der Waals surface area contributed by atoms with Crippen LogP contribution < -0.4 is 4.90 Å². The molecular weight excluding hydrogens is 322 g/mol. The zero-order valence-corrected chi connectivity index (χ0v) is 14.1. The Morgan fingerprint density at radius 2 is 1.54 bits per heavy atom. The first-order valence-corrected chi connectivity index (χ1v) is 9.47. The third-order valence-electron chi connectivity index (χ3n) is 4.19. The SMILES string of the molecule is N#Cc1ccccc1N1CCN(S(=O)(=O)Cc2ccccc2)CC1. The summed E-state index contributed by atoms with van der Waals surface area (Å²) in [4.78, 5) is 2.08. The minimum Gasteiger partial charge on any atom is -0.368 e. The lowest BCUT2D eigenvalue weighted by atomic mass is 10.1. The van der Waals surface area contributed by atoms with Crippen molar-refractivity contribution in [1.29, 1.82) is 5.26 Å². The van der Waals surface area contributed by atoms with Crippen LogP contribution in [0.4, 0.5) is 5.69 Å². The van der Waals surface area contributed by atoms with Crippen LogP contribution in [0.25, 0.3) is 0 Å². The molecule has 1 aliphatic rings. The molecule has 2 aromatic carbocycles. The van der Waals surface area contributed by atoms with Crippen molar-refractivity contribution in [2.45, 2.75) is 5.75 Å². The van der Waals surface area contributed by atoms with Crippen LogP contribution in [0, 0.1) is 11.3 Å². The molecule has 1 fully saturated rings. The first kappa shape index (κ1) is 16.5. The minimum absolute atomic E-state index is 0.0304. The van der Waals surface area contributed by atoms with E-state index in [9.17, 15) is 13.7 Å². The molecule has 3 rings (SSSR count). The van der Waals surface area contributed by atoms with Crippen LogP contribution in [-0.2, 0) is 15.8 Å². The number of anilines is 1. The topological polar surface area (TPSA) is 64.4 Å². The van der Waals surface area contributed by atoms with E-state index in [2.05, 4.69) is 11.0 Å². The van der Waals surface area contributed by atoms with Crippen LogP contribution in [0.1, 0.15) is 11.1 Å². The number of rotatable bonds is 4. The monoisotopic (exact) mass is 341 g/mol. The number of hydrogen-bond acceptors (Lipinski definition) is 4. The van der Waals surface area contributed by atoms with E-state index in [1.54, 1.807) is 10.4 Å². The number of sulfonamides is 1. The molecule has 0 N–H and O–H groups in total. The van der Waals surface area contributed by atoms with E-state index in [0.717, 1.165) is 11.3 Å². The van der Waals surface area contributed by atoms with Gasteiger partial charge in [0.2, 0.25) is 10.0 Å². The molecule has 0 unspecified atom stereocenters. The molecule has 2 aromatic rings. The standard InChI is InChI=1S/C18H19N3O2S/c19-14-17-8-4-5-9-18(17)20-10-12-21(13-11-20)24(22,23)15-16-6-2-1-3-7-16/h1-9H,10-13,15H2. The third-order valence-corrected chi connectivity index (χ3v) is 6.04. The maximum Gasteiger partial charge on any atom is 0.218 e. The zero-order valence-electron chi connectivity index (χ0n) is 13.3. The first-order valence-electron chi connectivity index (χ1n) is 7.86. The van der Waals surface area contributed by atoms with E-state index in [-0.39, 0.29) is 5.75 Å². The summed E-state index contributed by atoms with van der Waals surface area (Å²) in [5.41, 5.74) is 2.30. The summed E-state index contributed by atoms with van der Waals surface area (Å²) in [6, 6.07) is 18.9. The van der Waals surface area contributed by atoms with Crippen molar-refractivity contribution >= 4 is 15.7 Å². The Hall–Kier alpha value is -2.36. The smallest absolute Gasteiger partial charge is 0.218 e. The molecule has 1 aliphatic heterocycles. The van der Waals surface area contributed by atoms with Crippen LogP contribution in [0.2, 0.25) is 0 Å². The summed E-state index contributed by atoms with van der Waals surface area (Å²) in [7, 11) is -3.32. The van der Waals surface area contributed by atoms with Crippen LogP contribution in [0.3, 0.4) is 0 Å². The van der Waals surface area contributed by atoms with Gasteiger partial charge in [0.1, 0.15) is 6.07 Å². The Morgan fingerprint density at radius 3 is 2.21 bits per heavy atom. The molecule has 0 saturated carbocycles. The molecule has 0 amide bonds. The van der Waals surface area contributed by atoms with Crippen LogP contribution >= 0.6 is 0 Å². The third kappa shape index (κ3) is 3.58. The summed E-state index contributed by atoms with van der Waals surface area (Å²) in [5, 5.41) is 9.21. The van der Waals surface area contributed by atoms with Gasteiger partial charge >= 0.3 is 0 Å². The maximum absolute atomic E-state index is 12.6. The van der Waals surface area contributed by atoms with Gasteiger partial charge in [0, 0.05) is 26.2 Å². The van der Waals surface area contributed by atoms with Gasteiger partial charge in [0.15, 0.2) is 0 Å². The molecule has 24 heavy (non-hydrogen) atoms. The van der Waals surface area contributed by atoms with Crippen molar-refractivity contribution in [1.82, 2.24) is 4.31 Å². The van der Waals surface area contributed by atoms with Crippen LogP contribution in [-0.4, -0.2) is 38.9 Å². The molecule has 0 radical (unpaired) electrons. The van der Waals surface area contributed by atoms with E-state index >= 15 is 0 Å². The lowest BCUT2D eigenvalue weighted by Gasteiger charge is -2.35. The molecular formula is C18H19N3O2S. The number of para-hydroxylation sites is 1. The average molecular weight is 341 g/mol. The second kappa shape index (κ2) is 7.04. The van der Waals surface area contributed by atoms with E-state index in [0.29, 0.717) is 31.7 Å². The fourth-order valence-corrected chi connectivity index (χ4v) is 4.44. The fraction of sp³-hybridized carbons (Fsp3) is 0.278. The second-order valence-electron chi connectivity index (χ2n) is 5.76. The van der Waals surface area contributed by atoms with Crippen molar-refractivity contribution in [2.75, 3.05) is 31.1 Å². The quantitative estimate of drug-likeness (QED) is 0.855. The Morgan fingerprint density at radius 1 is 0.917 bits per heavy atom. The van der Waals surface area contributed by atoms with E-state index in [1.165, 1.54) is 0 Å². The van der Waals surface area contributed by atoms with Gasteiger partial charge < -0.3 is 4.90 Å². The van der Waals surface area contributed by atoms with E-state index in [4.69, 9.17) is 0 Å². The Balaban J connectivity index is 1.68. The van der Waals surface area contributed by atoms with Gasteiger partial charge in [0.25, 0.3) is 0 Å². The summed E-state index contributed by atoms with van der Waals surface area (Å²) in [6.07, 6.45) is 0. The van der Waals surface area contributed by atoms with Gasteiger partial charge in [-0.15, -0.1) is 0 Å². The molecule has 0 bridgehead atoms. The van der Waals surface area contributed by atoms with Gasteiger partial charge in [-0.05, 0) is 17.7 Å². The molecule has 1 saturated heterocycles.